The standard InChI is InChI=1S/C20H26N2O/c1-14(2)17-11-9-16(10-12-17)13-22-20(23)15(3)19(21)18-7-5-4-6-8-18/h4-12,14-15,19H,13,21H2,1-3H3,(H,22,23). The summed E-state index contributed by atoms with van der Waals surface area (Å²) in [5.41, 5.74) is 9.59. The van der Waals surface area contributed by atoms with Crippen molar-refractivity contribution < 1.29 is 4.79 Å². The first-order chi connectivity index (χ1) is 11.0. The maximum absolute atomic E-state index is 12.3. The highest BCUT2D eigenvalue weighted by Gasteiger charge is 2.21. The van der Waals surface area contributed by atoms with Gasteiger partial charge in [0.1, 0.15) is 0 Å². The van der Waals surface area contributed by atoms with Gasteiger partial charge in [-0.3, -0.25) is 4.79 Å². The molecule has 2 rings (SSSR count). The molecule has 0 bridgehead atoms. The third kappa shape index (κ3) is 4.67. The molecular weight excluding hydrogens is 284 g/mol. The minimum atomic E-state index is -0.292. The maximum Gasteiger partial charge on any atom is 0.225 e. The van der Waals surface area contributed by atoms with Crippen LogP contribution < -0.4 is 11.1 Å². The lowest BCUT2D eigenvalue weighted by atomic mass is 9.94. The zero-order valence-electron chi connectivity index (χ0n) is 14.1. The van der Waals surface area contributed by atoms with Crippen molar-refractivity contribution in [2.75, 3.05) is 0 Å². The third-order valence-corrected chi connectivity index (χ3v) is 4.25. The van der Waals surface area contributed by atoms with E-state index in [4.69, 9.17) is 5.73 Å². The van der Waals surface area contributed by atoms with Crippen molar-refractivity contribution >= 4 is 5.91 Å². The van der Waals surface area contributed by atoms with Crippen molar-refractivity contribution in [3.63, 3.8) is 0 Å². The lowest BCUT2D eigenvalue weighted by Gasteiger charge is -2.20. The van der Waals surface area contributed by atoms with Crippen LogP contribution in [0.15, 0.2) is 54.6 Å². The van der Waals surface area contributed by atoms with E-state index in [2.05, 4.69) is 43.4 Å². The Kier molecular flexibility index (Phi) is 5.94. The van der Waals surface area contributed by atoms with Gasteiger partial charge in [-0.25, -0.2) is 0 Å². The summed E-state index contributed by atoms with van der Waals surface area (Å²) in [6.45, 7) is 6.74. The number of rotatable bonds is 6. The highest BCUT2D eigenvalue weighted by atomic mass is 16.1. The number of amides is 1. The number of nitrogens with one attached hydrogen (secondary N) is 1. The van der Waals surface area contributed by atoms with Crippen LogP contribution in [0, 0.1) is 5.92 Å². The predicted octanol–water partition coefficient (Wildman–Crippen LogP) is 3.76. The molecule has 0 aliphatic rings. The summed E-state index contributed by atoms with van der Waals surface area (Å²) >= 11 is 0. The molecule has 3 N–H and O–H groups in total. The van der Waals surface area contributed by atoms with E-state index in [1.54, 1.807) is 0 Å². The lowest BCUT2D eigenvalue weighted by Crippen LogP contribution is -2.35. The molecule has 0 saturated heterocycles. The molecule has 0 spiro atoms. The van der Waals surface area contributed by atoms with E-state index in [1.807, 2.05) is 37.3 Å². The average molecular weight is 310 g/mol. The van der Waals surface area contributed by atoms with Gasteiger partial charge in [-0.15, -0.1) is 0 Å². The monoisotopic (exact) mass is 310 g/mol. The lowest BCUT2D eigenvalue weighted by molar-refractivity contribution is -0.125. The van der Waals surface area contributed by atoms with Gasteiger partial charge >= 0.3 is 0 Å². The molecule has 0 aliphatic heterocycles. The molecule has 2 atom stereocenters. The minimum Gasteiger partial charge on any atom is -0.352 e. The number of hydrogen-bond donors (Lipinski definition) is 2. The Morgan fingerprint density at radius 2 is 1.57 bits per heavy atom. The third-order valence-electron chi connectivity index (χ3n) is 4.25. The van der Waals surface area contributed by atoms with Crippen LogP contribution in [0.5, 0.6) is 0 Å². The zero-order chi connectivity index (χ0) is 16.8. The van der Waals surface area contributed by atoms with Crippen LogP contribution in [-0.4, -0.2) is 5.91 Å². The fourth-order valence-corrected chi connectivity index (χ4v) is 2.50. The van der Waals surface area contributed by atoms with E-state index in [0.717, 1.165) is 11.1 Å². The van der Waals surface area contributed by atoms with E-state index in [9.17, 15) is 4.79 Å². The zero-order valence-corrected chi connectivity index (χ0v) is 14.1. The fourth-order valence-electron chi connectivity index (χ4n) is 2.50. The summed E-state index contributed by atoms with van der Waals surface area (Å²) < 4.78 is 0. The molecule has 122 valence electrons. The Bertz CT molecular complexity index is 620. The molecule has 0 fully saturated rings. The van der Waals surface area contributed by atoms with E-state index in [0.29, 0.717) is 12.5 Å². The first kappa shape index (κ1) is 17.2. The smallest absolute Gasteiger partial charge is 0.225 e. The van der Waals surface area contributed by atoms with Crippen LogP contribution >= 0.6 is 0 Å². The van der Waals surface area contributed by atoms with Gasteiger partial charge < -0.3 is 11.1 Å². The Balaban J connectivity index is 1.91. The van der Waals surface area contributed by atoms with Crippen molar-refractivity contribution in [1.82, 2.24) is 5.32 Å². The second-order valence-corrected chi connectivity index (χ2v) is 6.34. The number of nitrogens with two attached hydrogens (primary N) is 1. The molecule has 0 aromatic heterocycles. The van der Waals surface area contributed by atoms with Crippen molar-refractivity contribution in [1.29, 1.82) is 0 Å². The fraction of sp³-hybridized carbons (Fsp3) is 0.350. The molecule has 23 heavy (non-hydrogen) atoms. The molecule has 0 saturated carbocycles. The molecule has 1 amide bonds. The normalized spacial score (nSPS) is 13.6. The Morgan fingerprint density at radius 3 is 2.13 bits per heavy atom. The largest absolute Gasteiger partial charge is 0.352 e. The average Bonchev–Trinajstić information content (AvgIpc) is 2.59. The van der Waals surface area contributed by atoms with Gasteiger partial charge in [-0.1, -0.05) is 75.4 Å². The molecule has 2 aromatic carbocycles. The quantitative estimate of drug-likeness (QED) is 0.853. The van der Waals surface area contributed by atoms with E-state index in [1.165, 1.54) is 5.56 Å². The second-order valence-electron chi connectivity index (χ2n) is 6.34. The van der Waals surface area contributed by atoms with Crippen LogP contribution in [-0.2, 0) is 11.3 Å². The van der Waals surface area contributed by atoms with Gasteiger partial charge in [0.05, 0.1) is 5.92 Å². The molecule has 3 nitrogen and oxygen atoms in total. The van der Waals surface area contributed by atoms with Crippen LogP contribution in [0.4, 0.5) is 0 Å². The molecule has 2 unspecified atom stereocenters. The van der Waals surface area contributed by atoms with E-state index >= 15 is 0 Å². The Morgan fingerprint density at radius 1 is 0.957 bits per heavy atom. The van der Waals surface area contributed by atoms with Crippen molar-refractivity contribution in [3.05, 3.63) is 71.3 Å². The van der Waals surface area contributed by atoms with Gasteiger partial charge in [0.2, 0.25) is 5.91 Å². The van der Waals surface area contributed by atoms with Gasteiger partial charge in [-0.05, 0) is 22.6 Å². The SMILES string of the molecule is CC(C)c1ccc(CNC(=O)C(C)C(N)c2ccccc2)cc1. The highest BCUT2D eigenvalue weighted by molar-refractivity contribution is 5.79. The summed E-state index contributed by atoms with van der Waals surface area (Å²) in [6, 6.07) is 17.8. The first-order valence-corrected chi connectivity index (χ1v) is 8.16. The molecule has 0 heterocycles. The van der Waals surface area contributed by atoms with Crippen LogP contribution in [0.2, 0.25) is 0 Å². The van der Waals surface area contributed by atoms with Crippen molar-refractivity contribution in [2.24, 2.45) is 11.7 Å². The number of carbonyl (C=O) groups excluding carboxylic acids is 1. The molecule has 0 radical (unpaired) electrons. The molecule has 3 heteroatoms. The minimum absolute atomic E-state index is 0.0192. The van der Waals surface area contributed by atoms with Gasteiger partial charge in [0, 0.05) is 12.6 Å². The van der Waals surface area contributed by atoms with E-state index in [-0.39, 0.29) is 17.9 Å². The molecular formula is C20H26N2O. The van der Waals surface area contributed by atoms with Gasteiger partial charge in [0.25, 0.3) is 0 Å². The van der Waals surface area contributed by atoms with Gasteiger partial charge in [0.15, 0.2) is 0 Å². The van der Waals surface area contributed by atoms with Crippen LogP contribution in [0.25, 0.3) is 0 Å². The second kappa shape index (κ2) is 7.93. The first-order valence-electron chi connectivity index (χ1n) is 8.16. The van der Waals surface area contributed by atoms with Crippen LogP contribution in [0.1, 0.15) is 49.4 Å². The number of carbonyl (C=O) groups is 1. The topological polar surface area (TPSA) is 55.1 Å². The summed E-state index contributed by atoms with van der Waals surface area (Å²) in [5, 5.41) is 2.98. The van der Waals surface area contributed by atoms with Gasteiger partial charge in [-0.2, -0.15) is 0 Å². The Hall–Kier alpha value is -2.13. The van der Waals surface area contributed by atoms with Crippen molar-refractivity contribution in [2.45, 2.75) is 39.3 Å². The summed E-state index contributed by atoms with van der Waals surface area (Å²) in [6.07, 6.45) is 0. The van der Waals surface area contributed by atoms with Crippen LogP contribution in [0.3, 0.4) is 0 Å². The maximum atomic E-state index is 12.3. The summed E-state index contributed by atoms with van der Waals surface area (Å²) in [7, 11) is 0. The number of benzene rings is 2. The molecule has 2 aromatic rings. The summed E-state index contributed by atoms with van der Waals surface area (Å²) in [5.74, 6) is 0.226. The Labute approximate surface area is 138 Å². The number of hydrogen-bond acceptors (Lipinski definition) is 2. The van der Waals surface area contributed by atoms with E-state index < -0.39 is 0 Å². The highest BCUT2D eigenvalue weighted by Crippen LogP contribution is 2.19. The molecule has 0 aliphatic carbocycles. The summed E-state index contributed by atoms with van der Waals surface area (Å²) in [4.78, 5) is 12.3. The van der Waals surface area contributed by atoms with Crippen molar-refractivity contribution in [3.8, 4) is 0 Å². The predicted molar refractivity (Wildman–Crippen MR) is 94.9 cm³/mol.